The summed E-state index contributed by atoms with van der Waals surface area (Å²) in [6.45, 7) is 4.10. The number of aromatic amines is 2. The molecule has 0 saturated heterocycles. The number of aliphatic hydroxyl groups excluding tert-OH is 1. The van der Waals surface area contributed by atoms with Crippen molar-refractivity contribution in [2.75, 3.05) is 18.6 Å². The minimum Gasteiger partial charge on any atom is -0.387 e. The van der Waals surface area contributed by atoms with Gasteiger partial charge in [0.05, 0.1) is 5.69 Å². The van der Waals surface area contributed by atoms with Gasteiger partial charge in [0.25, 0.3) is 5.91 Å². The number of amides is 1. The summed E-state index contributed by atoms with van der Waals surface area (Å²) in [7, 11) is 1.67. The molecule has 0 bridgehead atoms. The largest absolute Gasteiger partial charge is 0.387 e. The Bertz CT molecular complexity index is 983. The van der Waals surface area contributed by atoms with Crippen LogP contribution in [0.2, 0.25) is 0 Å². The van der Waals surface area contributed by atoms with E-state index in [1.54, 1.807) is 7.05 Å². The Morgan fingerprint density at radius 3 is 2.92 bits per heavy atom. The molecule has 0 fully saturated rings. The Hall–Kier alpha value is -2.60. The van der Waals surface area contributed by atoms with Crippen molar-refractivity contribution >= 4 is 22.5 Å². The number of carbonyl (C=O) groups is 1. The molecule has 1 amide bonds. The zero-order valence-electron chi connectivity index (χ0n) is 15.4. The van der Waals surface area contributed by atoms with E-state index in [1.165, 1.54) is 16.2 Å². The number of benzene rings is 1. The third-order valence-electron chi connectivity index (χ3n) is 5.42. The van der Waals surface area contributed by atoms with E-state index < -0.39 is 6.61 Å². The molecule has 1 aliphatic rings. The fourth-order valence-corrected chi connectivity index (χ4v) is 3.78. The van der Waals surface area contributed by atoms with Crippen molar-refractivity contribution in [2.24, 2.45) is 5.41 Å². The van der Waals surface area contributed by atoms with Gasteiger partial charge < -0.3 is 15.0 Å². The maximum atomic E-state index is 11.7. The van der Waals surface area contributed by atoms with Gasteiger partial charge in [-0.2, -0.15) is 5.10 Å². The maximum absolute atomic E-state index is 11.7. The summed E-state index contributed by atoms with van der Waals surface area (Å²) in [4.78, 5) is 16.6. The number of aromatic nitrogens is 3. The number of H-pyrrole nitrogens is 2. The van der Waals surface area contributed by atoms with Gasteiger partial charge in [0.1, 0.15) is 12.3 Å². The van der Waals surface area contributed by atoms with Crippen LogP contribution in [0.25, 0.3) is 22.3 Å². The molecule has 1 aromatic carbocycles. The van der Waals surface area contributed by atoms with Crippen LogP contribution >= 0.6 is 0 Å². The average molecular weight is 352 g/mol. The number of likely N-dealkylation sites (N-methyl/N-ethyl adjacent to an activating group) is 1. The minimum atomic E-state index is -0.497. The van der Waals surface area contributed by atoms with Crippen molar-refractivity contribution in [1.82, 2.24) is 15.2 Å². The van der Waals surface area contributed by atoms with E-state index in [2.05, 4.69) is 35.1 Å². The Morgan fingerprint density at radius 2 is 2.15 bits per heavy atom. The molecule has 0 spiro atoms. The van der Waals surface area contributed by atoms with Crippen molar-refractivity contribution in [3.8, 4) is 11.4 Å². The molecule has 3 N–H and O–H groups in total. The second-order valence-electron chi connectivity index (χ2n) is 7.94. The van der Waals surface area contributed by atoms with Crippen LogP contribution in [0.1, 0.15) is 31.5 Å². The molecule has 136 valence electrons. The number of nitrogens with zero attached hydrogens (tertiary/aromatic N) is 2. The number of anilines is 1. The molecule has 26 heavy (non-hydrogen) atoms. The lowest BCUT2D eigenvalue weighted by molar-refractivity contribution is -0.120. The van der Waals surface area contributed by atoms with Gasteiger partial charge in [-0.1, -0.05) is 13.8 Å². The molecule has 2 aromatic heterocycles. The lowest BCUT2D eigenvalue weighted by Gasteiger charge is -2.28. The fraction of sp³-hybridized carbons (Fsp3) is 0.400. The molecule has 0 saturated carbocycles. The molecule has 0 radical (unpaired) electrons. The van der Waals surface area contributed by atoms with E-state index in [9.17, 15) is 4.79 Å². The Balaban J connectivity index is 1.71. The first-order chi connectivity index (χ1) is 12.4. The Kier molecular flexibility index (Phi) is 3.88. The highest BCUT2D eigenvalue weighted by Crippen LogP contribution is 2.38. The van der Waals surface area contributed by atoms with Crippen LogP contribution in [0, 0.1) is 5.41 Å². The highest BCUT2D eigenvalue weighted by atomic mass is 16.3. The van der Waals surface area contributed by atoms with Crippen LogP contribution in [-0.4, -0.2) is 39.8 Å². The van der Waals surface area contributed by atoms with E-state index in [1.807, 2.05) is 18.2 Å². The van der Waals surface area contributed by atoms with Crippen LogP contribution in [0.4, 0.5) is 5.69 Å². The van der Waals surface area contributed by atoms with Crippen molar-refractivity contribution in [2.45, 2.75) is 33.1 Å². The average Bonchev–Trinajstić information content (AvgIpc) is 3.21. The van der Waals surface area contributed by atoms with E-state index in [0.717, 1.165) is 47.2 Å². The van der Waals surface area contributed by atoms with Crippen LogP contribution in [-0.2, 0) is 17.6 Å². The first-order valence-electron chi connectivity index (χ1n) is 8.95. The first-order valence-corrected chi connectivity index (χ1v) is 8.95. The predicted molar refractivity (Wildman–Crippen MR) is 102 cm³/mol. The number of carbonyl (C=O) groups excluding carboxylic acids is 1. The zero-order chi connectivity index (χ0) is 18.5. The van der Waals surface area contributed by atoms with Gasteiger partial charge in [0.15, 0.2) is 0 Å². The van der Waals surface area contributed by atoms with Crippen LogP contribution in [0.5, 0.6) is 0 Å². The number of rotatable bonds is 3. The van der Waals surface area contributed by atoms with Crippen LogP contribution in [0.3, 0.4) is 0 Å². The third-order valence-corrected chi connectivity index (χ3v) is 5.42. The topological polar surface area (TPSA) is 85.0 Å². The Morgan fingerprint density at radius 1 is 1.35 bits per heavy atom. The smallest absolute Gasteiger partial charge is 0.252 e. The second-order valence-corrected chi connectivity index (χ2v) is 7.94. The molecule has 0 unspecified atom stereocenters. The van der Waals surface area contributed by atoms with E-state index in [0.29, 0.717) is 5.41 Å². The number of aliphatic hydroxyl groups is 1. The van der Waals surface area contributed by atoms with Crippen molar-refractivity contribution in [3.63, 3.8) is 0 Å². The molecule has 1 aliphatic carbocycles. The number of hydrogen-bond donors (Lipinski definition) is 3. The van der Waals surface area contributed by atoms with Gasteiger partial charge in [0.2, 0.25) is 0 Å². The van der Waals surface area contributed by atoms with Crippen molar-refractivity contribution < 1.29 is 9.90 Å². The zero-order valence-corrected chi connectivity index (χ0v) is 15.4. The number of fused-ring (bicyclic) bond motifs is 2. The summed E-state index contributed by atoms with van der Waals surface area (Å²) in [6, 6.07) is 7.85. The number of hydrogen-bond acceptors (Lipinski definition) is 3. The van der Waals surface area contributed by atoms with Crippen molar-refractivity contribution in [1.29, 1.82) is 0 Å². The van der Waals surface area contributed by atoms with Crippen LogP contribution < -0.4 is 4.90 Å². The quantitative estimate of drug-likeness (QED) is 0.677. The first kappa shape index (κ1) is 16.8. The summed E-state index contributed by atoms with van der Waals surface area (Å²) in [5.74, 6) is -0.330. The molecule has 2 heterocycles. The van der Waals surface area contributed by atoms with E-state index in [4.69, 9.17) is 5.11 Å². The predicted octanol–water partition coefficient (Wildman–Crippen LogP) is 3.03. The summed E-state index contributed by atoms with van der Waals surface area (Å²) in [5.41, 5.74) is 6.61. The molecule has 3 aromatic rings. The SMILES string of the molecule is CN(C(=O)CO)c1ccc2[nH]c(-c3n[nH]c4c3CCC(C)(C)C4)cc2c1. The van der Waals surface area contributed by atoms with Gasteiger partial charge in [-0.15, -0.1) is 0 Å². The summed E-state index contributed by atoms with van der Waals surface area (Å²) in [6.07, 6.45) is 3.21. The highest BCUT2D eigenvalue weighted by Gasteiger charge is 2.29. The van der Waals surface area contributed by atoms with Crippen molar-refractivity contribution in [3.05, 3.63) is 35.5 Å². The maximum Gasteiger partial charge on any atom is 0.252 e. The van der Waals surface area contributed by atoms with Gasteiger partial charge in [-0.05, 0) is 48.9 Å². The van der Waals surface area contributed by atoms with Gasteiger partial charge in [-0.3, -0.25) is 9.89 Å². The standard InChI is InChI=1S/C20H24N4O2/c1-20(2)7-6-14-17(10-20)22-23-19(14)16-9-12-8-13(4-5-15(12)21-16)24(3)18(26)11-25/h4-5,8-9,21,25H,6-7,10-11H2,1-3H3,(H,22,23). The summed E-state index contributed by atoms with van der Waals surface area (Å²) in [5, 5.41) is 17.9. The molecule has 6 heteroatoms. The molecular formula is C20H24N4O2. The lowest BCUT2D eigenvalue weighted by atomic mass is 9.76. The Labute approximate surface area is 152 Å². The van der Waals surface area contributed by atoms with E-state index in [-0.39, 0.29) is 5.91 Å². The van der Waals surface area contributed by atoms with Gasteiger partial charge in [0, 0.05) is 34.9 Å². The fourth-order valence-electron chi connectivity index (χ4n) is 3.78. The molecule has 0 aliphatic heterocycles. The second kappa shape index (κ2) is 5.99. The molecule has 6 nitrogen and oxygen atoms in total. The molecular weight excluding hydrogens is 328 g/mol. The van der Waals surface area contributed by atoms with E-state index >= 15 is 0 Å². The summed E-state index contributed by atoms with van der Waals surface area (Å²) < 4.78 is 0. The van der Waals surface area contributed by atoms with Gasteiger partial charge in [-0.25, -0.2) is 0 Å². The minimum absolute atomic E-state index is 0.315. The van der Waals surface area contributed by atoms with Gasteiger partial charge >= 0.3 is 0 Å². The number of nitrogens with one attached hydrogen (secondary N) is 2. The molecule has 4 rings (SSSR count). The lowest BCUT2D eigenvalue weighted by Crippen LogP contribution is -2.28. The third kappa shape index (κ3) is 2.80. The normalized spacial score (nSPS) is 15.8. The summed E-state index contributed by atoms with van der Waals surface area (Å²) >= 11 is 0. The highest BCUT2D eigenvalue weighted by molar-refractivity contribution is 5.97. The molecule has 0 atom stereocenters. The monoisotopic (exact) mass is 352 g/mol. The van der Waals surface area contributed by atoms with Crippen LogP contribution in [0.15, 0.2) is 24.3 Å².